The van der Waals surface area contributed by atoms with Crippen molar-refractivity contribution in [2.75, 3.05) is 20.8 Å². The van der Waals surface area contributed by atoms with Gasteiger partial charge in [0.1, 0.15) is 11.5 Å². The lowest BCUT2D eigenvalue weighted by atomic mass is 9.86. The molecule has 0 bridgehead atoms. The summed E-state index contributed by atoms with van der Waals surface area (Å²) in [6, 6.07) is 6.03. The Bertz CT molecular complexity index is 397. The van der Waals surface area contributed by atoms with Crippen LogP contribution in [0.15, 0.2) is 18.2 Å². The lowest BCUT2D eigenvalue weighted by Crippen LogP contribution is -2.41. The normalized spacial score (nSPS) is 23.1. The van der Waals surface area contributed by atoms with Crippen LogP contribution in [0.25, 0.3) is 0 Å². The fourth-order valence-electron chi connectivity index (χ4n) is 2.83. The van der Waals surface area contributed by atoms with Crippen molar-refractivity contribution in [2.24, 2.45) is 0 Å². The first kappa shape index (κ1) is 13.2. The van der Waals surface area contributed by atoms with Crippen molar-refractivity contribution in [1.82, 2.24) is 5.32 Å². The van der Waals surface area contributed by atoms with Crippen LogP contribution in [0.5, 0.6) is 11.5 Å². The molecule has 0 spiro atoms. The first-order valence-electron chi connectivity index (χ1n) is 6.69. The summed E-state index contributed by atoms with van der Waals surface area (Å²) < 4.78 is 10.8. The van der Waals surface area contributed by atoms with Gasteiger partial charge in [-0.15, -0.1) is 0 Å². The quantitative estimate of drug-likeness (QED) is 0.870. The molecule has 2 rings (SSSR count). The van der Waals surface area contributed by atoms with Crippen LogP contribution in [0.3, 0.4) is 0 Å². The topological polar surface area (TPSA) is 30.5 Å². The summed E-state index contributed by atoms with van der Waals surface area (Å²) in [4.78, 5) is 0. The summed E-state index contributed by atoms with van der Waals surface area (Å²) in [6.45, 7) is 3.38. The molecule has 0 radical (unpaired) electrons. The second-order valence-corrected chi connectivity index (χ2v) is 5.02. The zero-order valence-electron chi connectivity index (χ0n) is 11.6. The van der Waals surface area contributed by atoms with Gasteiger partial charge >= 0.3 is 0 Å². The Balaban J connectivity index is 2.25. The lowest BCUT2D eigenvalue weighted by Gasteiger charge is -2.29. The van der Waals surface area contributed by atoms with Crippen molar-refractivity contribution in [3.63, 3.8) is 0 Å². The van der Waals surface area contributed by atoms with Crippen LogP contribution in [0.2, 0.25) is 0 Å². The summed E-state index contributed by atoms with van der Waals surface area (Å²) >= 11 is 0. The van der Waals surface area contributed by atoms with Gasteiger partial charge in [-0.2, -0.15) is 0 Å². The third-order valence-corrected chi connectivity index (χ3v) is 4.03. The summed E-state index contributed by atoms with van der Waals surface area (Å²) in [7, 11) is 3.43. The fourth-order valence-corrected chi connectivity index (χ4v) is 2.83. The van der Waals surface area contributed by atoms with Crippen molar-refractivity contribution in [3.8, 4) is 11.5 Å². The van der Waals surface area contributed by atoms with E-state index < -0.39 is 0 Å². The molecule has 1 saturated heterocycles. The summed E-state index contributed by atoms with van der Waals surface area (Å²) in [6.07, 6.45) is 4.65. The molecule has 1 aliphatic heterocycles. The van der Waals surface area contributed by atoms with Crippen LogP contribution in [0.1, 0.15) is 31.7 Å². The Morgan fingerprint density at radius 1 is 1.28 bits per heavy atom. The van der Waals surface area contributed by atoms with E-state index >= 15 is 0 Å². The van der Waals surface area contributed by atoms with E-state index in [1.54, 1.807) is 14.2 Å². The molecule has 3 nitrogen and oxygen atoms in total. The Hall–Kier alpha value is -1.22. The van der Waals surface area contributed by atoms with Gasteiger partial charge in [-0.1, -0.05) is 6.92 Å². The average Bonchev–Trinajstić information content (AvgIpc) is 2.88. The molecule has 1 N–H and O–H groups in total. The Morgan fingerprint density at radius 3 is 2.67 bits per heavy atom. The second kappa shape index (κ2) is 5.61. The standard InChI is InChI=1S/C15H23NO2/c1-4-15(8-5-9-16-15)11-12-10-13(17-2)6-7-14(12)18-3/h6-7,10,16H,4-5,8-9,11H2,1-3H3. The number of methoxy groups -OCH3 is 2. The van der Waals surface area contributed by atoms with Crippen LogP contribution in [0.4, 0.5) is 0 Å². The number of hydrogen-bond acceptors (Lipinski definition) is 3. The largest absolute Gasteiger partial charge is 0.497 e. The number of benzene rings is 1. The molecule has 1 heterocycles. The number of nitrogens with one attached hydrogen (secondary N) is 1. The van der Waals surface area contributed by atoms with Gasteiger partial charge in [-0.3, -0.25) is 0 Å². The molecule has 18 heavy (non-hydrogen) atoms. The monoisotopic (exact) mass is 249 g/mol. The molecule has 0 aliphatic carbocycles. The molecular weight excluding hydrogens is 226 g/mol. The molecule has 1 fully saturated rings. The SMILES string of the molecule is CCC1(Cc2cc(OC)ccc2OC)CCCN1. The molecule has 3 heteroatoms. The van der Waals surface area contributed by atoms with Crippen LogP contribution in [-0.4, -0.2) is 26.3 Å². The van der Waals surface area contributed by atoms with Crippen molar-refractivity contribution in [1.29, 1.82) is 0 Å². The Morgan fingerprint density at radius 2 is 2.11 bits per heavy atom. The molecule has 1 aromatic rings. The van der Waals surface area contributed by atoms with E-state index in [0.29, 0.717) is 0 Å². The van der Waals surface area contributed by atoms with Crippen LogP contribution in [0, 0.1) is 0 Å². The Labute approximate surface area is 109 Å². The first-order valence-corrected chi connectivity index (χ1v) is 6.69. The highest BCUT2D eigenvalue weighted by atomic mass is 16.5. The molecule has 0 aromatic heterocycles. The van der Waals surface area contributed by atoms with E-state index in [0.717, 1.165) is 30.9 Å². The highest BCUT2D eigenvalue weighted by Crippen LogP contribution is 2.32. The number of hydrogen-bond donors (Lipinski definition) is 1. The summed E-state index contributed by atoms with van der Waals surface area (Å²) in [5, 5.41) is 3.66. The molecule has 100 valence electrons. The van der Waals surface area contributed by atoms with Crippen molar-refractivity contribution >= 4 is 0 Å². The molecule has 1 unspecified atom stereocenters. The fraction of sp³-hybridized carbons (Fsp3) is 0.600. The van der Waals surface area contributed by atoms with Crippen LogP contribution < -0.4 is 14.8 Å². The maximum absolute atomic E-state index is 5.46. The maximum atomic E-state index is 5.46. The molecule has 0 saturated carbocycles. The second-order valence-electron chi connectivity index (χ2n) is 5.02. The predicted molar refractivity (Wildman–Crippen MR) is 73.5 cm³/mol. The van der Waals surface area contributed by atoms with Gasteiger partial charge in [-0.25, -0.2) is 0 Å². The van der Waals surface area contributed by atoms with Gasteiger partial charge < -0.3 is 14.8 Å². The van der Waals surface area contributed by atoms with Gasteiger partial charge in [0.25, 0.3) is 0 Å². The average molecular weight is 249 g/mol. The number of rotatable bonds is 5. The number of ether oxygens (including phenoxy) is 2. The van der Waals surface area contributed by atoms with E-state index in [9.17, 15) is 0 Å². The summed E-state index contributed by atoms with van der Waals surface area (Å²) in [5.74, 6) is 1.85. The molecule has 1 aliphatic rings. The minimum atomic E-state index is 0.236. The van der Waals surface area contributed by atoms with E-state index in [-0.39, 0.29) is 5.54 Å². The van der Waals surface area contributed by atoms with Crippen molar-refractivity contribution < 1.29 is 9.47 Å². The van der Waals surface area contributed by atoms with E-state index in [1.807, 2.05) is 12.1 Å². The van der Waals surface area contributed by atoms with Crippen LogP contribution in [-0.2, 0) is 6.42 Å². The summed E-state index contributed by atoms with van der Waals surface area (Å²) in [5.41, 5.74) is 1.47. The van der Waals surface area contributed by atoms with E-state index in [4.69, 9.17) is 9.47 Å². The highest BCUT2D eigenvalue weighted by molar-refractivity contribution is 5.41. The third kappa shape index (κ3) is 2.61. The smallest absolute Gasteiger partial charge is 0.122 e. The lowest BCUT2D eigenvalue weighted by molar-refractivity contribution is 0.346. The van der Waals surface area contributed by atoms with Crippen LogP contribution >= 0.6 is 0 Å². The van der Waals surface area contributed by atoms with E-state index in [2.05, 4.69) is 18.3 Å². The highest BCUT2D eigenvalue weighted by Gasteiger charge is 2.32. The zero-order chi connectivity index (χ0) is 13.0. The van der Waals surface area contributed by atoms with Crippen molar-refractivity contribution in [3.05, 3.63) is 23.8 Å². The van der Waals surface area contributed by atoms with E-state index in [1.165, 1.54) is 18.4 Å². The molecule has 0 amide bonds. The minimum Gasteiger partial charge on any atom is -0.497 e. The van der Waals surface area contributed by atoms with Gasteiger partial charge in [0.2, 0.25) is 0 Å². The van der Waals surface area contributed by atoms with Gasteiger partial charge in [0.05, 0.1) is 14.2 Å². The maximum Gasteiger partial charge on any atom is 0.122 e. The predicted octanol–water partition coefficient (Wildman–Crippen LogP) is 2.78. The van der Waals surface area contributed by atoms with Gasteiger partial charge in [0, 0.05) is 5.54 Å². The molecule has 1 aromatic carbocycles. The molecule has 1 atom stereocenters. The molecular formula is C15H23NO2. The van der Waals surface area contributed by atoms with Crippen molar-refractivity contribution in [2.45, 2.75) is 38.1 Å². The minimum absolute atomic E-state index is 0.236. The van der Waals surface area contributed by atoms with Gasteiger partial charge in [-0.05, 0) is 56.0 Å². The third-order valence-electron chi connectivity index (χ3n) is 4.03. The first-order chi connectivity index (χ1) is 8.73. The Kier molecular flexibility index (Phi) is 4.12. The zero-order valence-corrected chi connectivity index (χ0v) is 11.6. The van der Waals surface area contributed by atoms with Gasteiger partial charge in [0.15, 0.2) is 0 Å².